The Kier molecular flexibility index (Phi) is 4.40. The van der Waals surface area contributed by atoms with Crippen LogP contribution < -0.4 is 4.90 Å². The van der Waals surface area contributed by atoms with Crippen molar-refractivity contribution in [2.45, 2.75) is 20.0 Å². The third-order valence-electron chi connectivity index (χ3n) is 3.48. The highest BCUT2D eigenvalue weighted by Crippen LogP contribution is 2.22. The Morgan fingerprint density at radius 3 is 2.55 bits per heavy atom. The van der Waals surface area contributed by atoms with Crippen LogP contribution >= 0.6 is 0 Å². The number of rotatable bonds is 4. The van der Waals surface area contributed by atoms with E-state index in [-0.39, 0.29) is 5.82 Å². The van der Waals surface area contributed by atoms with Crippen molar-refractivity contribution < 1.29 is 9.50 Å². The molecule has 0 amide bonds. The van der Waals surface area contributed by atoms with Gasteiger partial charge in [0.15, 0.2) is 0 Å². The number of benzene rings is 2. The van der Waals surface area contributed by atoms with E-state index < -0.39 is 6.10 Å². The normalized spacial score (nSPS) is 12.2. The van der Waals surface area contributed by atoms with E-state index in [0.717, 1.165) is 16.8 Å². The van der Waals surface area contributed by atoms with Crippen molar-refractivity contribution in [1.29, 1.82) is 0 Å². The molecule has 0 fully saturated rings. The molecule has 2 aromatic rings. The Morgan fingerprint density at radius 1 is 1.15 bits per heavy atom. The summed E-state index contributed by atoms with van der Waals surface area (Å²) in [6.07, 6.45) is -0.594. The number of anilines is 1. The van der Waals surface area contributed by atoms with Gasteiger partial charge >= 0.3 is 0 Å². The van der Waals surface area contributed by atoms with Crippen molar-refractivity contribution in [3.63, 3.8) is 0 Å². The van der Waals surface area contributed by atoms with Crippen LogP contribution in [0.3, 0.4) is 0 Å². The number of hydrogen-bond donors (Lipinski definition) is 1. The molecule has 0 aliphatic carbocycles. The van der Waals surface area contributed by atoms with E-state index in [2.05, 4.69) is 6.07 Å². The van der Waals surface area contributed by atoms with Gasteiger partial charge < -0.3 is 10.0 Å². The second kappa shape index (κ2) is 6.06. The average molecular weight is 273 g/mol. The van der Waals surface area contributed by atoms with Crippen LogP contribution in [0.1, 0.15) is 22.8 Å². The van der Waals surface area contributed by atoms with Crippen LogP contribution in [-0.4, -0.2) is 18.7 Å². The van der Waals surface area contributed by atoms with E-state index >= 15 is 0 Å². The standard InChI is InChI=1S/C17H20FNO/c1-12-7-8-16(13(2)9-12)17(20)11-19(3)15-6-4-5-14(18)10-15/h4-10,17,20H,11H2,1-3H3. The van der Waals surface area contributed by atoms with Crippen molar-refractivity contribution >= 4 is 5.69 Å². The van der Waals surface area contributed by atoms with Crippen LogP contribution in [-0.2, 0) is 0 Å². The lowest BCUT2D eigenvalue weighted by Crippen LogP contribution is -2.24. The van der Waals surface area contributed by atoms with Crippen molar-refractivity contribution in [2.75, 3.05) is 18.5 Å². The molecular weight excluding hydrogens is 253 g/mol. The van der Waals surface area contributed by atoms with Crippen molar-refractivity contribution in [3.8, 4) is 0 Å². The first kappa shape index (κ1) is 14.5. The number of aliphatic hydroxyl groups is 1. The van der Waals surface area contributed by atoms with Crippen LogP contribution in [0.25, 0.3) is 0 Å². The van der Waals surface area contributed by atoms with Gasteiger partial charge in [0, 0.05) is 19.3 Å². The zero-order valence-corrected chi connectivity index (χ0v) is 12.1. The summed E-state index contributed by atoms with van der Waals surface area (Å²) < 4.78 is 13.2. The number of aliphatic hydroxyl groups excluding tert-OH is 1. The molecule has 0 aromatic heterocycles. The Bertz CT molecular complexity index is 597. The first-order chi connectivity index (χ1) is 9.47. The molecule has 0 saturated heterocycles. The molecular formula is C17H20FNO. The maximum Gasteiger partial charge on any atom is 0.125 e. The predicted molar refractivity (Wildman–Crippen MR) is 80.5 cm³/mol. The minimum absolute atomic E-state index is 0.268. The summed E-state index contributed by atoms with van der Waals surface area (Å²) in [6, 6.07) is 12.4. The summed E-state index contributed by atoms with van der Waals surface area (Å²) in [5.74, 6) is -0.268. The lowest BCUT2D eigenvalue weighted by atomic mass is 10.0. The molecule has 106 valence electrons. The number of hydrogen-bond acceptors (Lipinski definition) is 2. The quantitative estimate of drug-likeness (QED) is 0.920. The summed E-state index contributed by atoms with van der Waals surface area (Å²) >= 11 is 0. The highest BCUT2D eigenvalue weighted by Gasteiger charge is 2.13. The van der Waals surface area contributed by atoms with Crippen molar-refractivity contribution in [1.82, 2.24) is 0 Å². The minimum atomic E-state index is -0.594. The zero-order valence-electron chi connectivity index (χ0n) is 12.1. The predicted octanol–water partition coefficient (Wildman–Crippen LogP) is 3.61. The Morgan fingerprint density at radius 2 is 1.90 bits per heavy atom. The second-order valence-electron chi connectivity index (χ2n) is 5.24. The molecule has 0 aliphatic rings. The van der Waals surface area contributed by atoms with E-state index in [4.69, 9.17) is 0 Å². The number of nitrogens with zero attached hydrogens (tertiary/aromatic N) is 1. The molecule has 0 radical (unpaired) electrons. The summed E-state index contributed by atoms with van der Waals surface area (Å²) in [6.45, 7) is 4.45. The second-order valence-corrected chi connectivity index (χ2v) is 5.24. The third kappa shape index (κ3) is 3.36. The monoisotopic (exact) mass is 273 g/mol. The molecule has 0 aliphatic heterocycles. The maximum atomic E-state index is 13.2. The smallest absolute Gasteiger partial charge is 0.125 e. The largest absolute Gasteiger partial charge is 0.387 e. The topological polar surface area (TPSA) is 23.5 Å². The summed E-state index contributed by atoms with van der Waals surface area (Å²) in [7, 11) is 1.85. The third-order valence-corrected chi connectivity index (χ3v) is 3.48. The number of aryl methyl sites for hydroxylation is 2. The Balaban J connectivity index is 2.12. The average Bonchev–Trinajstić information content (AvgIpc) is 2.38. The molecule has 1 unspecified atom stereocenters. The molecule has 1 atom stereocenters. The van der Waals surface area contributed by atoms with Gasteiger partial charge in [-0.2, -0.15) is 0 Å². The van der Waals surface area contributed by atoms with Crippen LogP contribution in [0.15, 0.2) is 42.5 Å². The van der Waals surface area contributed by atoms with Gasteiger partial charge in [-0.3, -0.25) is 0 Å². The Hall–Kier alpha value is -1.87. The van der Waals surface area contributed by atoms with E-state index in [9.17, 15) is 9.50 Å². The molecule has 0 heterocycles. The summed E-state index contributed by atoms with van der Waals surface area (Å²) in [5.41, 5.74) is 3.93. The highest BCUT2D eigenvalue weighted by atomic mass is 19.1. The van der Waals surface area contributed by atoms with Crippen LogP contribution in [0.4, 0.5) is 10.1 Å². The molecule has 0 bridgehead atoms. The van der Waals surface area contributed by atoms with E-state index in [1.165, 1.54) is 17.7 Å². The van der Waals surface area contributed by atoms with E-state index in [1.54, 1.807) is 6.07 Å². The van der Waals surface area contributed by atoms with E-state index in [0.29, 0.717) is 6.54 Å². The van der Waals surface area contributed by atoms with Gasteiger partial charge in [-0.05, 0) is 43.2 Å². The molecule has 2 nitrogen and oxygen atoms in total. The van der Waals surface area contributed by atoms with Gasteiger partial charge in [0.2, 0.25) is 0 Å². The summed E-state index contributed by atoms with van der Waals surface area (Å²) in [5, 5.41) is 10.4. The minimum Gasteiger partial charge on any atom is -0.387 e. The Labute approximate surface area is 119 Å². The number of halogens is 1. The molecule has 2 rings (SSSR count). The fraction of sp³-hybridized carbons (Fsp3) is 0.294. The molecule has 2 aromatic carbocycles. The van der Waals surface area contributed by atoms with Crippen molar-refractivity contribution in [2.24, 2.45) is 0 Å². The molecule has 0 saturated carbocycles. The molecule has 0 spiro atoms. The van der Waals surface area contributed by atoms with Gasteiger partial charge in [0.1, 0.15) is 5.82 Å². The van der Waals surface area contributed by atoms with Crippen LogP contribution in [0, 0.1) is 19.7 Å². The maximum absolute atomic E-state index is 13.2. The lowest BCUT2D eigenvalue weighted by Gasteiger charge is -2.24. The SMILES string of the molecule is Cc1ccc(C(O)CN(C)c2cccc(F)c2)c(C)c1. The molecule has 20 heavy (non-hydrogen) atoms. The fourth-order valence-electron chi connectivity index (χ4n) is 2.38. The first-order valence-corrected chi connectivity index (χ1v) is 6.69. The molecule has 3 heteroatoms. The summed E-state index contributed by atoms with van der Waals surface area (Å²) in [4.78, 5) is 1.85. The first-order valence-electron chi connectivity index (χ1n) is 6.69. The van der Waals surface area contributed by atoms with Gasteiger partial charge in [-0.15, -0.1) is 0 Å². The highest BCUT2D eigenvalue weighted by molar-refractivity contribution is 5.46. The lowest BCUT2D eigenvalue weighted by molar-refractivity contribution is 0.184. The van der Waals surface area contributed by atoms with Gasteiger partial charge in [0.05, 0.1) is 6.10 Å². The van der Waals surface area contributed by atoms with E-state index in [1.807, 2.05) is 44.0 Å². The number of likely N-dealkylation sites (N-methyl/N-ethyl adjacent to an activating group) is 1. The zero-order chi connectivity index (χ0) is 14.7. The fourth-order valence-corrected chi connectivity index (χ4v) is 2.38. The molecule has 1 N–H and O–H groups in total. The van der Waals surface area contributed by atoms with Crippen molar-refractivity contribution in [3.05, 3.63) is 65.0 Å². The van der Waals surface area contributed by atoms with Gasteiger partial charge in [-0.1, -0.05) is 29.8 Å². The van der Waals surface area contributed by atoms with Gasteiger partial charge in [-0.25, -0.2) is 4.39 Å². The van der Waals surface area contributed by atoms with Gasteiger partial charge in [0.25, 0.3) is 0 Å². The van der Waals surface area contributed by atoms with Crippen LogP contribution in [0.2, 0.25) is 0 Å². The van der Waals surface area contributed by atoms with Crippen LogP contribution in [0.5, 0.6) is 0 Å².